The van der Waals surface area contributed by atoms with Crippen LogP contribution in [0, 0.1) is 0 Å². The van der Waals surface area contributed by atoms with Gasteiger partial charge in [0.05, 0.1) is 0 Å². The summed E-state index contributed by atoms with van der Waals surface area (Å²) in [7, 11) is 0. The van der Waals surface area contributed by atoms with Crippen LogP contribution in [0.25, 0.3) is 0 Å². The summed E-state index contributed by atoms with van der Waals surface area (Å²) in [6.07, 6.45) is 8.20. The van der Waals surface area contributed by atoms with E-state index in [1.54, 1.807) is 11.1 Å². The third kappa shape index (κ3) is 2.30. The molecule has 1 aromatic carbocycles. The Labute approximate surface area is 98.3 Å². The van der Waals surface area contributed by atoms with Gasteiger partial charge in [0.2, 0.25) is 0 Å². The van der Waals surface area contributed by atoms with E-state index < -0.39 is 0 Å². The van der Waals surface area contributed by atoms with Gasteiger partial charge in [-0.1, -0.05) is 24.3 Å². The van der Waals surface area contributed by atoms with E-state index in [0.29, 0.717) is 0 Å². The summed E-state index contributed by atoms with van der Waals surface area (Å²) in [5.41, 5.74) is 3.23. The van der Waals surface area contributed by atoms with Crippen molar-refractivity contribution in [3.05, 3.63) is 35.4 Å². The SMILES string of the molecule is c1ccc2c(c1)CCCC2CCNC1CC1. The summed E-state index contributed by atoms with van der Waals surface area (Å²) < 4.78 is 0. The largest absolute Gasteiger partial charge is 0.314 e. The van der Waals surface area contributed by atoms with Gasteiger partial charge in [-0.05, 0) is 62.1 Å². The van der Waals surface area contributed by atoms with Crippen LogP contribution in [0.4, 0.5) is 0 Å². The van der Waals surface area contributed by atoms with Gasteiger partial charge in [0.15, 0.2) is 0 Å². The topological polar surface area (TPSA) is 12.0 Å². The van der Waals surface area contributed by atoms with Gasteiger partial charge in [0.25, 0.3) is 0 Å². The standard InChI is InChI=1S/C15H21N/c1-2-7-15-12(4-1)5-3-6-13(15)10-11-16-14-8-9-14/h1-2,4,7,13-14,16H,3,5-6,8-11H2. The molecule has 0 aliphatic heterocycles. The number of hydrogen-bond acceptors (Lipinski definition) is 1. The molecule has 2 aliphatic carbocycles. The van der Waals surface area contributed by atoms with E-state index in [1.807, 2.05) is 0 Å². The van der Waals surface area contributed by atoms with Crippen molar-refractivity contribution in [2.45, 2.75) is 50.5 Å². The first-order valence-corrected chi connectivity index (χ1v) is 6.74. The van der Waals surface area contributed by atoms with Crippen molar-refractivity contribution >= 4 is 0 Å². The molecule has 0 radical (unpaired) electrons. The Morgan fingerprint density at radius 1 is 1.12 bits per heavy atom. The summed E-state index contributed by atoms with van der Waals surface area (Å²) in [6, 6.07) is 9.90. The molecule has 1 N–H and O–H groups in total. The van der Waals surface area contributed by atoms with Crippen molar-refractivity contribution in [3.8, 4) is 0 Å². The van der Waals surface area contributed by atoms with Gasteiger partial charge in [0, 0.05) is 6.04 Å². The zero-order valence-corrected chi connectivity index (χ0v) is 9.91. The predicted octanol–water partition coefficient (Wildman–Crippen LogP) is 3.25. The monoisotopic (exact) mass is 215 g/mol. The molecule has 1 nitrogen and oxygen atoms in total. The first-order chi connectivity index (χ1) is 7.93. The van der Waals surface area contributed by atoms with Crippen LogP contribution in [0.2, 0.25) is 0 Å². The predicted molar refractivity (Wildman–Crippen MR) is 67.8 cm³/mol. The Kier molecular flexibility index (Phi) is 2.96. The molecule has 0 amide bonds. The Hall–Kier alpha value is -0.820. The highest BCUT2D eigenvalue weighted by Gasteiger charge is 2.22. The zero-order valence-electron chi connectivity index (χ0n) is 9.91. The van der Waals surface area contributed by atoms with E-state index in [0.717, 1.165) is 12.0 Å². The van der Waals surface area contributed by atoms with E-state index in [9.17, 15) is 0 Å². The van der Waals surface area contributed by atoms with Crippen LogP contribution in [0.5, 0.6) is 0 Å². The molecule has 1 heteroatoms. The highest BCUT2D eigenvalue weighted by Crippen LogP contribution is 2.33. The molecule has 86 valence electrons. The molecule has 1 atom stereocenters. The summed E-state index contributed by atoms with van der Waals surface area (Å²) in [6.45, 7) is 1.21. The summed E-state index contributed by atoms with van der Waals surface area (Å²) >= 11 is 0. The van der Waals surface area contributed by atoms with Gasteiger partial charge in [-0.25, -0.2) is 0 Å². The number of aryl methyl sites for hydroxylation is 1. The van der Waals surface area contributed by atoms with Crippen LogP contribution in [-0.4, -0.2) is 12.6 Å². The lowest BCUT2D eigenvalue weighted by atomic mass is 9.81. The minimum Gasteiger partial charge on any atom is -0.314 e. The number of benzene rings is 1. The van der Waals surface area contributed by atoms with Crippen LogP contribution in [0.15, 0.2) is 24.3 Å². The fraction of sp³-hybridized carbons (Fsp3) is 0.600. The van der Waals surface area contributed by atoms with Crippen molar-refractivity contribution in [2.24, 2.45) is 0 Å². The van der Waals surface area contributed by atoms with Crippen molar-refractivity contribution in [1.82, 2.24) is 5.32 Å². The Morgan fingerprint density at radius 2 is 2.00 bits per heavy atom. The molecule has 0 heterocycles. The van der Waals surface area contributed by atoms with Gasteiger partial charge in [-0.2, -0.15) is 0 Å². The molecular formula is C15H21N. The van der Waals surface area contributed by atoms with Crippen LogP contribution < -0.4 is 5.32 Å². The minimum atomic E-state index is 0.816. The van der Waals surface area contributed by atoms with Crippen LogP contribution >= 0.6 is 0 Å². The van der Waals surface area contributed by atoms with Crippen LogP contribution in [0.3, 0.4) is 0 Å². The second-order valence-corrected chi connectivity index (χ2v) is 5.31. The van der Waals surface area contributed by atoms with E-state index in [2.05, 4.69) is 29.6 Å². The maximum atomic E-state index is 3.63. The molecule has 1 fully saturated rings. The van der Waals surface area contributed by atoms with E-state index in [4.69, 9.17) is 0 Å². The molecule has 16 heavy (non-hydrogen) atoms. The molecule has 0 aromatic heterocycles. The fourth-order valence-electron chi connectivity index (χ4n) is 2.90. The van der Waals surface area contributed by atoms with E-state index in [-0.39, 0.29) is 0 Å². The average Bonchev–Trinajstić information content (AvgIpc) is 3.13. The van der Waals surface area contributed by atoms with E-state index >= 15 is 0 Å². The summed E-state index contributed by atoms with van der Waals surface area (Å²) in [4.78, 5) is 0. The summed E-state index contributed by atoms with van der Waals surface area (Å²) in [5.74, 6) is 0.816. The van der Waals surface area contributed by atoms with Crippen molar-refractivity contribution in [3.63, 3.8) is 0 Å². The maximum absolute atomic E-state index is 3.63. The minimum absolute atomic E-state index is 0.816. The molecule has 0 saturated heterocycles. The molecule has 3 rings (SSSR count). The third-order valence-electron chi connectivity index (χ3n) is 4.00. The number of fused-ring (bicyclic) bond motifs is 1. The fourth-order valence-corrected chi connectivity index (χ4v) is 2.90. The molecular weight excluding hydrogens is 194 g/mol. The lowest BCUT2D eigenvalue weighted by Gasteiger charge is -2.25. The Morgan fingerprint density at radius 3 is 2.88 bits per heavy atom. The Balaban J connectivity index is 1.62. The second-order valence-electron chi connectivity index (χ2n) is 5.31. The normalized spacial score (nSPS) is 24.1. The van der Waals surface area contributed by atoms with Gasteiger partial charge >= 0.3 is 0 Å². The highest BCUT2D eigenvalue weighted by molar-refractivity contribution is 5.32. The Bertz CT molecular complexity index is 354. The van der Waals surface area contributed by atoms with Crippen molar-refractivity contribution in [1.29, 1.82) is 0 Å². The van der Waals surface area contributed by atoms with Crippen molar-refractivity contribution < 1.29 is 0 Å². The first-order valence-electron chi connectivity index (χ1n) is 6.74. The smallest absolute Gasteiger partial charge is 0.00682 e. The molecule has 0 spiro atoms. The van der Waals surface area contributed by atoms with Crippen LogP contribution in [0.1, 0.15) is 49.1 Å². The number of rotatable bonds is 4. The van der Waals surface area contributed by atoms with Gasteiger partial charge < -0.3 is 5.32 Å². The van der Waals surface area contributed by atoms with E-state index in [1.165, 1.54) is 45.1 Å². The third-order valence-corrected chi connectivity index (χ3v) is 4.00. The molecule has 0 bridgehead atoms. The van der Waals surface area contributed by atoms with Gasteiger partial charge in [-0.15, -0.1) is 0 Å². The molecule has 1 aromatic rings. The second kappa shape index (κ2) is 4.58. The summed E-state index contributed by atoms with van der Waals surface area (Å²) in [5, 5.41) is 3.63. The highest BCUT2D eigenvalue weighted by atomic mass is 14.9. The molecule has 1 unspecified atom stereocenters. The van der Waals surface area contributed by atoms with Crippen LogP contribution in [-0.2, 0) is 6.42 Å². The maximum Gasteiger partial charge on any atom is 0.00682 e. The number of hydrogen-bond donors (Lipinski definition) is 1. The van der Waals surface area contributed by atoms with Gasteiger partial charge in [0.1, 0.15) is 0 Å². The first kappa shape index (κ1) is 10.3. The van der Waals surface area contributed by atoms with Gasteiger partial charge in [-0.3, -0.25) is 0 Å². The molecule has 2 aliphatic rings. The quantitative estimate of drug-likeness (QED) is 0.813. The zero-order chi connectivity index (χ0) is 10.8. The lowest BCUT2D eigenvalue weighted by Crippen LogP contribution is -2.21. The van der Waals surface area contributed by atoms with Crippen molar-refractivity contribution in [2.75, 3.05) is 6.54 Å². The average molecular weight is 215 g/mol. The number of nitrogens with one attached hydrogen (secondary N) is 1. The lowest BCUT2D eigenvalue weighted by molar-refractivity contribution is 0.497. The molecule has 1 saturated carbocycles.